The van der Waals surface area contributed by atoms with Crippen LogP contribution in [0.15, 0.2) is 66.6 Å². The van der Waals surface area contributed by atoms with Gasteiger partial charge in [-0.2, -0.15) is 4.31 Å². The number of ether oxygens (including phenoxy) is 2. The number of benzene rings is 2. The summed E-state index contributed by atoms with van der Waals surface area (Å²) in [7, 11) is 3.21. The number of rotatable bonds is 13. The Kier molecular flexibility index (Phi) is 11.3. The molecule has 0 aliphatic heterocycles. The third kappa shape index (κ3) is 6.91. The first-order chi connectivity index (χ1) is 17.7. The van der Waals surface area contributed by atoms with Crippen LogP contribution >= 0.6 is 23.7 Å². The number of halogens is 1. The number of likely N-dealkylation sites (N-methyl/N-ethyl adjacent to an activating group) is 1. The van der Waals surface area contributed by atoms with E-state index in [1.165, 1.54) is 52.1 Å². The fourth-order valence-electron chi connectivity index (χ4n) is 3.58. The molecule has 9 nitrogen and oxygen atoms in total. The smallest absolute Gasteiger partial charge is 0.260 e. The van der Waals surface area contributed by atoms with Gasteiger partial charge in [-0.15, -0.1) is 25.6 Å². The van der Waals surface area contributed by atoms with Crippen LogP contribution in [0.4, 0.5) is 5.13 Å². The Labute approximate surface area is 234 Å². The maximum atomic E-state index is 13.6. The van der Waals surface area contributed by atoms with Gasteiger partial charge in [0.25, 0.3) is 5.91 Å². The van der Waals surface area contributed by atoms with E-state index in [0.29, 0.717) is 40.8 Å². The number of carbonyl (C=O) groups is 1. The zero-order valence-corrected chi connectivity index (χ0v) is 24.4. The van der Waals surface area contributed by atoms with Crippen LogP contribution in [0.25, 0.3) is 10.2 Å². The molecule has 0 aliphatic carbocycles. The van der Waals surface area contributed by atoms with E-state index in [1.54, 1.807) is 25.2 Å². The molecule has 0 spiro atoms. The number of aromatic nitrogens is 1. The predicted octanol–water partition coefficient (Wildman–Crippen LogP) is 4.31. The minimum atomic E-state index is -3.77. The molecule has 0 aliphatic rings. The lowest BCUT2D eigenvalue weighted by Crippen LogP contribution is -2.36. The van der Waals surface area contributed by atoms with Crippen LogP contribution in [0.5, 0.6) is 11.5 Å². The Bertz CT molecular complexity index is 1320. The number of fused-ring (bicyclic) bond motifs is 1. The number of carbonyl (C=O) groups excluding carboxylic acids is 1. The molecule has 3 rings (SSSR count). The zero-order chi connectivity index (χ0) is 27.2. The fraction of sp³-hybridized carbons (Fsp3) is 0.308. The Morgan fingerprint density at radius 2 is 1.58 bits per heavy atom. The molecule has 0 radical (unpaired) electrons. The Hall–Kier alpha value is -2.96. The van der Waals surface area contributed by atoms with Gasteiger partial charge in [0.05, 0.1) is 29.3 Å². The standard InChI is InChI=1S/C26H32N4O5S2.ClH/c1-7-13-29(14-8-2)37(32,33)20-11-9-19(10-12-20)25(31)30(16-15-28(3)4)26-27-21-17-22(34-5)23(35-6)18-24(21)36-26;/h7-12,17-18H,1-2,13-16H2,3-6H3;1H. The summed E-state index contributed by atoms with van der Waals surface area (Å²) >= 11 is 1.37. The van der Waals surface area contributed by atoms with Gasteiger partial charge in [-0.05, 0) is 38.4 Å². The topological polar surface area (TPSA) is 92.3 Å². The van der Waals surface area contributed by atoms with Crippen LogP contribution in [0, 0.1) is 0 Å². The average Bonchev–Trinajstić information content (AvgIpc) is 3.30. The molecule has 1 heterocycles. The summed E-state index contributed by atoms with van der Waals surface area (Å²) in [5.74, 6) is 0.852. The van der Waals surface area contributed by atoms with Gasteiger partial charge in [-0.3, -0.25) is 9.69 Å². The molecule has 206 valence electrons. The van der Waals surface area contributed by atoms with E-state index in [2.05, 4.69) is 13.2 Å². The van der Waals surface area contributed by atoms with Crippen molar-refractivity contribution in [3.05, 3.63) is 67.3 Å². The van der Waals surface area contributed by atoms with Gasteiger partial charge < -0.3 is 14.4 Å². The fourth-order valence-corrected chi connectivity index (χ4v) is 5.96. The molecule has 1 amide bonds. The highest BCUT2D eigenvalue weighted by Crippen LogP contribution is 2.37. The minimum absolute atomic E-state index is 0. The second kappa shape index (κ2) is 13.7. The third-order valence-corrected chi connectivity index (χ3v) is 8.42. The number of nitrogens with zero attached hydrogens (tertiary/aromatic N) is 4. The van der Waals surface area contributed by atoms with Crippen molar-refractivity contribution in [3.63, 3.8) is 0 Å². The lowest BCUT2D eigenvalue weighted by atomic mass is 10.2. The zero-order valence-electron chi connectivity index (χ0n) is 21.9. The number of sulfonamides is 1. The maximum absolute atomic E-state index is 13.6. The van der Waals surface area contributed by atoms with Crippen LogP contribution in [0.2, 0.25) is 0 Å². The summed E-state index contributed by atoms with van der Waals surface area (Å²) < 4.78 is 39.0. The molecule has 0 unspecified atom stereocenters. The quantitative estimate of drug-likeness (QED) is 0.278. The van der Waals surface area contributed by atoms with Crippen molar-refractivity contribution in [3.8, 4) is 11.5 Å². The summed E-state index contributed by atoms with van der Waals surface area (Å²) in [5.41, 5.74) is 1.04. The molecule has 2 aromatic carbocycles. The van der Waals surface area contributed by atoms with Gasteiger partial charge >= 0.3 is 0 Å². The van der Waals surface area contributed by atoms with E-state index in [0.717, 1.165) is 4.70 Å². The van der Waals surface area contributed by atoms with Gasteiger partial charge in [0.1, 0.15) is 0 Å². The van der Waals surface area contributed by atoms with Crippen LogP contribution < -0.4 is 14.4 Å². The molecular formula is C26H33ClN4O5S2. The van der Waals surface area contributed by atoms with E-state index in [4.69, 9.17) is 14.5 Å². The minimum Gasteiger partial charge on any atom is -0.493 e. The van der Waals surface area contributed by atoms with Crippen molar-refractivity contribution in [1.29, 1.82) is 0 Å². The highest BCUT2D eigenvalue weighted by Gasteiger charge is 2.25. The molecule has 38 heavy (non-hydrogen) atoms. The number of anilines is 1. The maximum Gasteiger partial charge on any atom is 0.260 e. The number of thiazole rings is 1. The molecule has 12 heteroatoms. The van der Waals surface area contributed by atoms with Gasteiger partial charge in [-0.1, -0.05) is 23.5 Å². The van der Waals surface area contributed by atoms with E-state index in [1.807, 2.05) is 25.1 Å². The lowest BCUT2D eigenvalue weighted by Gasteiger charge is -2.22. The van der Waals surface area contributed by atoms with Crippen molar-refractivity contribution < 1.29 is 22.7 Å². The highest BCUT2D eigenvalue weighted by molar-refractivity contribution is 7.89. The molecule has 0 atom stereocenters. The molecule has 0 saturated heterocycles. The normalized spacial score (nSPS) is 11.3. The monoisotopic (exact) mass is 580 g/mol. The number of amides is 1. The van der Waals surface area contributed by atoms with Crippen molar-refractivity contribution in [2.75, 3.05) is 59.4 Å². The summed E-state index contributed by atoms with van der Waals surface area (Å²) in [4.78, 5) is 22.0. The van der Waals surface area contributed by atoms with Crippen LogP contribution in [0.1, 0.15) is 10.4 Å². The van der Waals surface area contributed by atoms with Gasteiger partial charge in [-0.25, -0.2) is 13.4 Å². The lowest BCUT2D eigenvalue weighted by molar-refractivity contribution is 0.0985. The van der Waals surface area contributed by atoms with Gasteiger partial charge in [0, 0.05) is 43.9 Å². The Morgan fingerprint density at radius 3 is 2.11 bits per heavy atom. The van der Waals surface area contributed by atoms with Gasteiger partial charge in [0.15, 0.2) is 16.6 Å². The summed E-state index contributed by atoms with van der Waals surface area (Å²) in [6.07, 6.45) is 3.04. The van der Waals surface area contributed by atoms with Crippen molar-refractivity contribution in [2.24, 2.45) is 0 Å². The van der Waals surface area contributed by atoms with Crippen molar-refractivity contribution >= 4 is 55.0 Å². The average molecular weight is 581 g/mol. The second-order valence-corrected chi connectivity index (χ2v) is 11.3. The van der Waals surface area contributed by atoms with Crippen LogP contribution in [0.3, 0.4) is 0 Å². The van der Waals surface area contributed by atoms with E-state index < -0.39 is 10.0 Å². The summed E-state index contributed by atoms with van der Waals surface area (Å²) in [6.45, 7) is 8.57. The first-order valence-corrected chi connectivity index (χ1v) is 13.7. The summed E-state index contributed by atoms with van der Waals surface area (Å²) in [5, 5.41) is 0.525. The molecule has 3 aromatic rings. The number of hydrogen-bond donors (Lipinski definition) is 0. The van der Waals surface area contributed by atoms with E-state index in [-0.39, 0.29) is 36.3 Å². The van der Waals surface area contributed by atoms with Crippen molar-refractivity contribution in [1.82, 2.24) is 14.2 Å². The Balaban J connectivity index is 0.00000507. The number of hydrogen-bond acceptors (Lipinski definition) is 8. The number of methoxy groups -OCH3 is 2. The van der Waals surface area contributed by atoms with E-state index >= 15 is 0 Å². The highest BCUT2D eigenvalue weighted by atomic mass is 35.5. The van der Waals surface area contributed by atoms with Gasteiger partial charge in [0.2, 0.25) is 10.0 Å². The largest absolute Gasteiger partial charge is 0.493 e. The predicted molar refractivity (Wildman–Crippen MR) is 156 cm³/mol. The summed E-state index contributed by atoms with van der Waals surface area (Å²) in [6, 6.07) is 9.55. The van der Waals surface area contributed by atoms with Crippen molar-refractivity contribution in [2.45, 2.75) is 4.90 Å². The first-order valence-electron chi connectivity index (χ1n) is 11.5. The molecule has 0 bridgehead atoms. The second-order valence-electron chi connectivity index (χ2n) is 8.36. The van der Waals surface area contributed by atoms with Crippen LogP contribution in [-0.4, -0.2) is 83.0 Å². The molecular weight excluding hydrogens is 548 g/mol. The molecule has 0 N–H and O–H groups in total. The van der Waals surface area contributed by atoms with E-state index in [9.17, 15) is 13.2 Å². The molecule has 0 fully saturated rings. The van der Waals surface area contributed by atoms with Crippen LogP contribution in [-0.2, 0) is 10.0 Å². The third-order valence-electron chi connectivity index (χ3n) is 5.53. The Morgan fingerprint density at radius 1 is 1.00 bits per heavy atom. The SMILES string of the molecule is C=CCN(CC=C)S(=O)(=O)c1ccc(C(=O)N(CCN(C)C)c2nc3cc(OC)c(OC)cc3s2)cc1.Cl. The first kappa shape index (κ1) is 31.3. The molecule has 1 aromatic heterocycles. The molecule has 0 saturated carbocycles.